The van der Waals surface area contributed by atoms with Crippen LogP contribution in [0.25, 0.3) is 28.0 Å². The molecule has 2 atom stereocenters. The standard InChI is InChI=1S/C32H34F2N6O3/c1-7-25(42)38-13-14-39(19(5)16-38)30-21-15-23(34)28(26-22(33)9-8-10-24(26)41)36-31(21)40(32(43)37-30)29-18(4)11-12-35-27(29)20(6)17(2)3/h7-12,15,17,19-20,41H,1,13-14,16H2,2-6H3/t19-,20?/m0/s1. The quantitative estimate of drug-likeness (QED) is 0.312. The smallest absolute Gasteiger partial charge is 0.355 e. The van der Waals surface area contributed by atoms with Crippen molar-refractivity contribution in [3.8, 4) is 22.7 Å². The van der Waals surface area contributed by atoms with E-state index in [2.05, 4.69) is 21.5 Å². The van der Waals surface area contributed by atoms with Crippen LogP contribution in [0.5, 0.6) is 5.75 Å². The highest BCUT2D eigenvalue weighted by atomic mass is 19.1. The van der Waals surface area contributed by atoms with E-state index in [0.717, 1.165) is 11.6 Å². The number of benzene rings is 1. The van der Waals surface area contributed by atoms with Gasteiger partial charge in [-0.2, -0.15) is 4.98 Å². The fourth-order valence-electron chi connectivity index (χ4n) is 5.56. The predicted molar refractivity (Wildman–Crippen MR) is 162 cm³/mol. The Morgan fingerprint density at radius 1 is 1.14 bits per heavy atom. The van der Waals surface area contributed by atoms with Crippen molar-refractivity contribution in [3.63, 3.8) is 0 Å². The molecule has 224 valence electrons. The molecular formula is C32H34F2N6O3. The van der Waals surface area contributed by atoms with Crippen LogP contribution in [0.2, 0.25) is 0 Å². The number of aromatic nitrogens is 4. The maximum Gasteiger partial charge on any atom is 0.355 e. The lowest BCUT2D eigenvalue weighted by Gasteiger charge is -2.40. The number of halogens is 2. The molecular weight excluding hydrogens is 554 g/mol. The van der Waals surface area contributed by atoms with Gasteiger partial charge in [0, 0.05) is 37.8 Å². The number of phenolic OH excluding ortho intramolecular Hbond substituents is 1. The summed E-state index contributed by atoms with van der Waals surface area (Å²) in [4.78, 5) is 43.4. The van der Waals surface area contributed by atoms with Crippen molar-refractivity contribution < 1.29 is 18.7 Å². The summed E-state index contributed by atoms with van der Waals surface area (Å²) in [6.07, 6.45) is 2.92. The summed E-state index contributed by atoms with van der Waals surface area (Å²) >= 11 is 0. The minimum Gasteiger partial charge on any atom is -0.507 e. The van der Waals surface area contributed by atoms with Gasteiger partial charge in [-0.05, 0) is 55.7 Å². The number of nitrogens with zero attached hydrogens (tertiary/aromatic N) is 6. The van der Waals surface area contributed by atoms with E-state index in [9.17, 15) is 19.1 Å². The molecule has 9 nitrogen and oxygen atoms in total. The number of aryl methyl sites for hydroxylation is 1. The van der Waals surface area contributed by atoms with E-state index in [1.165, 1.54) is 28.8 Å². The maximum absolute atomic E-state index is 15.9. The normalized spacial score (nSPS) is 16.1. The van der Waals surface area contributed by atoms with Gasteiger partial charge in [-0.1, -0.05) is 33.4 Å². The van der Waals surface area contributed by atoms with Crippen molar-refractivity contribution in [2.24, 2.45) is 5.92 Å². The minimum atomic E-state index is -0.895. The number of rotatable bonds is 6. The van der Waals surface area contributed by atoms with Gasteiger partial charge in [-0.15, -0.1) is 0 Å². The maximum atomic E-state index is 15.9. The van der Waals surface area contributed by atoms with E-state index in [1.807, 2.05) is 39.5 Å². The second-order valence-corrected chi connectivity index (χ2v) is 11.3. The molecule has 0 bridgehead atoms. The SMILES string of the molecule is C=CC(=O)N1CCN(c2nc(=O)n(-c3c(C)ccnc3C(C)C(C)C)c3nc(-c4c(O)cccc4F)c(F)cc23)[C@@H](C)C1. The van der Waals surface area contributed by atoms with Crippen molar-refractivity contribution in [1.82, 2.24) is 24.4 Å². The monoisotopic (exact) mass is 588 g/mol. The van der Waals surface area contributed by atoms with Crippen LogP contribution in [-0.2, 0) is 4.79 Å². The summed E-state index contributed by atoms with van der Waals surface area (Å²) in [6.45, 7) is 14.4. The van der Waals surface area contributed by atoms with E-state index in [4.69, 9.17) is 0 Å². The zero-order valence-corrected chi connectivity index (χ0v) is 24.8. The fraction of sp³-hybridized carbons (Fsp3) is 0.344. The molecule has 0 radical (unpaired) electrons. The van der Waals surface area contributed by atoms with Crippen LogP contribution >= 0.6 is 0 Å². The Hall–Kier alpha value is -4.67. The van der Waals surface area contributed by atoms with Crippen LogP contribution in [0.1, 0.15) is 44.9 Å². The van der Waals surface area contributed by atoms with Crippen LogP contribution in [0.15, 0.2) is 54.0 Å². The third-order valence-corrected chi connectivity index (χ3v) is 8.22. The molecule has 4 heterocycles. The number of pyridine rings is 2. The van der Waals surface area contributed by atoms with Gasteiger partial charge >= 0.3 is 5.69 Å². The van der Waals surface area contributed by atoms with Crippen LogP contribution in [0.3, 0.4) is 0 Å². The Kier molecular flexibility index (Phi) is 8.00. The first-order chi connectivity index (χ1) is 20.4. The highest BCUT2D eigenvalue weighted by Crippen LogP contribution is 2.37. The van der Waals surface area contributed by atoms with Gasteiger partial charge in [0.15, 0.2) is 11.5 Å². The first-order valence-corrected chi connectivity index (χ1v) is 14.2. The Morgan fingerprint density at radius 3 is 2.53 bits per heavy atom. The van der Waals surface area contributed by atoms with Crippen molar-refractivity contribution >= 4 is 22.8 Å². The third-order valence-electron chi connectivity index (χ3n) is 8.22. The van der Waals surface area contributed by atoms with E-state index in [0.29, 0.717) is 31.0 Å². The first kappa shape index (κ1) is 29.8. The molecule has 5 rings (SSSR count). The molecule has 43 heavy (non-hydrogen) atoms. The van der Waals surface area contributed by atoms with Gasteiger partial charge in [0.05, 0.1) is 22.3 Å². The number of carbonyl (C=O) groups excluding carboxylic acids is 1. The van der Waals surface area contributed by atoms with Crippen LogP contribution in [-0.4, -0.2) is 61.1 Å². The van der Waals surface area contributed by atoms with Gasteiger partial charge in [-0.25, -0.2) is 23.1 Å². The van der Waals surface area contributed by atoms with Gasteiger partial charge in [0.2, 0.25) is 5.91 Å². The molecule has 0 aliphatic carbocycles. The van der Waals surface area contributed by atoms with Crippen molar-refractivity contribution in [2.45, 2.75) is 46.6 Å². The molecule has 4 aromatic rings. The van der Waals surface area contributed by atoms with Crippen molar-refractivity contribution in [2.75, 3.05) is 24.5 Å². The molecule has 1 N–H and O–H groups in total. The van der Waals surface area contributed by atoms with E-state index in [-0.39, 0.29) is 40.6 Å². The highest BCUT2D eigenvalue weighted by Gasteiger charge is 2.31. The topological polar surface area (TPSA) is 104 Å². The van der Waals surface area contributed by atoms with Gasteiger partial charge in [-0.3, -0.25) is 9.78 Å². The number of piperazine rings is 1. The van der Waals surface area contributed by atoms with Crippen molar-refractivity contribution in [3.05, 3.63) is 82.6 Å². The average Bonchev–Trinajstić information content (AvgIpc) is 2.96. The lowest BCUT2D eigenvalue weighted by atomic mass is 9.92. The molecule has 1 saturated heterocycles. The zero-order chi connectivity index (χ0) is 31.2. The molecule has 3 aromatic heterocycles. The summed E-state index contributed by atoms with van der Waals surface area (Å²) in [7, 11) is 0. The van der Waals surface area contributed by atoms with E-state index >= 15 is 4.39 Å². The average molecular weight is 589 g/mol. The largest absolute Gasteiger partial charge is 0.507 e. The molecule has 0 saturated carbocycles. The summed E-state index contributed by atoms with van der Waals surface area (Å²) in [5.41, 5.74) is 0.344. The number of anilines is 1. The number of hydrogen-bond donors (Lipinski definition) is 1. The molecule has 1 unspecified atom stereocenters. The van der Waals surface area contributed by atoms with E-state index < -0.39 is 34.3 Å². The Labute approximate surface area is 248 Å². The number of amides is 1. The molecule has 1 aliphatic heterocycles. The summed E-state index contributed by atoms with van der Waals surface area (Å²) in [6, 6.07) is 6.32. The highest BCUT2D eigenvalue weighted by molar-refractivity contribution is 5.91. The van der Waals surface area contributed by atoms with Crippen LogP contribution in [0, 0.1) is 24.5 Å². The number of fused-ring (bicyclic) bond motifs is 1. The number of aromatic hydroxyl groups is 1. The third kappa shape index (κ3) is 5.24. The molecule has 1 aliphatic rings. The molecule has 0 spiro atoms. The second kappa shape index (κ2) is 11.5. The van der Waals surface area contributed by atoms with Gasteiger partial charge in [0.25, 0.3) is 0 Å². The number of phenols is 1. The van der Waals surface area contributed by atoms with Crippen LogP contribution in [0.4, 0.5) is 14.6 Å². The molecule has 11 heteroatoms. The van der Waals surface area contributed by atoms with Gasteiger partial charge < -0.3 is 14.9 Å². The fourth-order valence-corrected chi connectivity index (χ4v) is 5.56. The number of hydrogen-bond acceptors (Lipinski definition) is 7. The first-order valence-electron chi connectivity index (χ1n) is 14.2. The Morgan fingerprint density at radius 2 is 1.88 bits per heavy atom. The lowest BCUT2D eigenvalue weighted by Crippen LogP contribution is -2.54. The molecule has 1 fully saturated rings. The van der Waals surface area contributed by atoms with Gasteiger partial charge in [0.1, 0.15) is 23.1 Å². The van der Waals surface area contributed by atoms with Crippen LogP contribution < -0.4 is 10.6 Å². The Bertz CT molecular complexity index is 1780. The summed E-state index contributed by atoms with van der Waals surface area (Å²) in [5.74, 6) is -2.15. The molecule has 1 amide bonds. The van der Waals surface area contributed by atoms with Crippen molar-refractivity contribution in [1.29, 1.82) is 0 Å². The second-order valence-electron chi connectivity index (χ2n) is 11.3. The lowest BCUT2D eigenvalue weighted by molar-refractivity contribution is -0.126. The summed E-state index contributed by atoms with van der Waals surface area (Å²) < 4.78 is 32.2. The number of carbonyl (C=O) groups is 1. The Balaban J connectivity index is 1.84. The summed E-state index contributed by atoms with van der Waals surface area (Å²) in [5, 5.41) is 10.7. The zero-order valence-electron chi connectivity index (χ0n) is 24.8. The van der Waals surface area contributed by atoms with E-state index in [1.54, 1.807) is 17.2 Å². The molecule has 1 aromatic carbocycles. The minimum absolute atomic E-state index is 0.0409. The predicted octanol–water partition coefficient (Wildman–Crippen LogP) is 5.12.